The molecule has 0 saturated carbocycles. The maximum absolute atomic E-state index is 12.1. The SMILES string of the molecule is O=C(NNS(=O)(=O)c1ccc(Br)cc1)c1ccc2c(c1)OCO2. The minimum atomic E-state index is -3.85. The Morgan fingerprint density at radius 1 is 1.04 bits per heavy atom. The van der Waals surface area contributed by atoms with Crippen LogP contribution >= 0.6 is 15.9 Å². The maximum atomic E-state index is 12.1. The van der Waals surface area contributed by atoms with Crippen LogP contribution in [0.15, 0.2) is 51.8 Å². The van der Waals surface area contributed by atoms with Crippen molar-refractivity contribution in [3.05, 3.63) is 52.5 Å². The number of ether oxygens (including phenoxy) is 2. The number of hydrogen-bond acceptors (Lipinski definition) is 5. The smallest absolute Gasteiger partial charge is 0.266 e. The highest BCUT2D eigenvalue weighted by Gasteiger charge is 2.18. The molecule has 0 spiro atoms. The third-order valence-electron chi connectivity index (χ3n) is 3.06. The van der Waals surface area contributed by atoms with E-state index in [1.54, 1.807) is 18.2 Å². The van der Waals surface area contributed by atoms with Crippen LogP contribution in [0.25, 0.3) is 0 Å². The van der Waals surface area contributed by atoms with E-state index in [1.807, 2.05) is 4.83 Å². The lowest BCUT2D eigenvalue weighted by atomic mass is 10.2. The van der Waals surface area contributed by atoms with Crippen LogP contribution in [0, 0.1) is 0 Å². The number of amides is 1. The van der Waals surface area contributed by atoms with Gasteiger partial charge in [-0.05, 0) is 42.5 Å². The molecule has 2 N–H and O–H groups in total. The number of hydrazine groups is 1. The summed E-state index contributed by atoms with van der Waals surface area (Å²) < 4.78 is 35.2. The zero-order valence-corrected chi connectivity index (χ0v) is 14.0. The van der Waals surface area contributed by atoms with Gasteiger partial charge in [0.05, 0.1) is 4.90 Å². The molecule has 0 atom stereocenters. The van der Waals surface area contributed by atoms with Gasteiger partial charge in [0.1, 0.15) is 0 Å². The number of carbonyl (C=O) groups is 1. The molecular weight excluding hydrogens is 388 g/mol. The monoisotopic (exact) mass is 398 g/mol. The molecule has 0 unspecified atom stereocenters. The topological polar surface area (TPSA) is 93.7 Å². The van der Waals surface area contributed by atoms with Gasteiger partial charge in [0.2, 0.25) is 6.79 Å². The summed E-state index contributed by atoms with van der Waals surface area (Å²) in [5.74, 6) is 0.370. The number of hydrogen-bond donors (Lipinski definition) is 2. The van der Waals surface area contributed by atoms with Crippen molar-refractivity contribution in [1.82, 2.24) is 10.3 Å². The minimum absolute atomic E-state index is 0.0340. The van der Waals surface area contributed by atoms with E-state index in [0.717, 1.165) is 4.47 Å². The molecule has 3 rings (SSSR count). The van der Waals surface area contributed by atoms with Crippen LogP contribution in [-0.2, 0) is 10.0 Å². The fourth-order valence-corrected chi connectivity index (χ4v) is 3.00. The summed E-state index contributed by atoms with van der Waals surface area (Å²) >= 11 is 3.22. The zero-order chi connectivity index (χ0) is 16.4. The first-order chi connectivity index (χ1) is 11.0. The molecule has 0 aliphatic carbocycles. The number of nitrogens with one attached hydrogen (secondary N) is 2. The van der Waals surface area contributed by atoms with Gasteiger partial charge in [-0.25, -0.2) is 8.42 Å². The van der Waals surface area contributed by atoms with Crippen molar-refractivity contribution in [3.8, 4) is 11.5 Å². The van der Waals surface area contributed by atoms with E-state index in [-0.39, 0.29) is 17.3 Å². The van der Waals surface area contributed by atoms with Crippen LogP contribution in [0.5, 0.6) is 11.5 Å². The normalized spacial score (nSPS) is 12.9. The lowest BCUT2D eigenvalue weighted by molar-refractivity contribution is 0.0944. The lowest BCUT2D eigenvalue weighted by Gasteiger charge is -2.09. The highest BCUT2D eigenvalue weighted by molar-refractivity contribution is 9.10. The molecule has 0 aromatic heterocycles. The highest BCUT2D eigenvalue weighted by Crippen LogP contribution is 2.32. The first-order valence-electron chi connectivity index (χ1n) is 6.43. The summed E-state index contributed by atoms with van der Waals surface area (Å²) in [6, 6.07) is 10.6. The van der Waals surface area contributed by atoms with E-state index in [9.17, 15) is 13.2 Å². The average Bonchev–Trinajstić information content (AvgIpc) is 3.00. The van der Waals surface area contributed by atoms with Crippen molar-refractivity contribution in [2.24, 2.45) is 0 Å². The van der Waals surface area contributed by atoms with Gasteiger partial charge in [0, 0.05) is 10.0 Å². The highest BCUT2D eigenvalue weighted by atomic mass is 79.9. The third-order valence-corrected chi connectivity index (χ3v) is 4.85. The number of halogens is 1. The second kappa shape index (κ2) is 6.19. The Balaban J connectivity index is 1.70. The molecule has 0 bridgehead atoms. The van der Waals surface area contributed by atoms with E-state index in [1.165, 1.54) is 24.3 Å². The zero-order valence-electron chi connectivity index (χ0n) is 11.6. The summed E-state index contributed by atoms with van der Waals surface area (Å²) in [6.45, 7) is 0.0939. The van der Waals surface area contributed by atoms with Crippen LogP contribution in [-0.4, -0.2) is 21.1 Å². The van der Waals surface area contributed by atoms with Crippen LogP contribution in [0.2, 0.25) is 0 Å². The average molecular weight is 399 g/mol. The number of benzene rings is 2. The summed E-state index contributed by atoms with van der Waals surface area (Å²) in [7, 11) is -3.85. The Kier molecular flexibility index (Phi) is 4.24. The van der Waals surface area contributed by atoms with Crippen LogP contribution in [0.1, 0.15) is 10.4 Å². The van der Waals surface area contributed by atoms with Crippen LogP contribution < -0.4 is 19.7 Å². The fourth-order valence-electron chi connectivity index (χ4n) is 1.90. The van der Waals surface area contributed by atoms with Crippen molar-refractivity contribution >= 4 is 31.9 Å². The molecule has 23 heavy (non-hydrogen) atoms. The molecule has 2 aromatic rings. The van der Waals surface area contributed by atoms with Gasteiger partial charge in [-0.15, -0.1) is 4.83 Å². The number of fused-ring (bicyclic) bond motifs is 1. The molecule has 120 valence electrons. The molecule has 9 heteroatoms. The lowest BCUT2D eigenvalue weighted by Crippen LogP contribution is -2.41. The number of sulfonamides is 1. The van der Waals surface area contributed by atoms with Gasteiger partial charge in [-0.2, -0.15) is 0 Å². The summed E-state index contributed by atoms with van der Waals surface area (Å²) in [5.41, 5.74) is 2.40. The predicted octanol–water partition coefficient (Wildman–Crippen LogP) is 1.80. The van der Waals surface area contributed by atoms with E-state index >= 15 is 0 Å². The van der Waals surface area contributed by atoms with Crippen molar-refractivity contribution in [1.29, 1.82) is 0 Å². The first-order valence-corrected chi connectivity index (χ1v) is 8.71. The Bertz CT molecular complexity index is 852. The number of rotatable bonds is 4. The Morgan fingerprint density at radius 2 is 1.74 bits per heavy atom. The molecule has 0 radical (unpaired) electrons. The molecule has 1 aliphatic rings. The molecule has 1 amide bonds. The summed E-state index contributed by atoms with van der Waals surface area (Å²) in [4.78, 5) is 14.1. The molecule has 7 nitrogen and oxygen atoms in total. The molecule has 0 saturated heterocycles. The number of carbonyl (C=O) groups excluding carboxylic acids is 1. The van der Waals surface area contributed by atoms with Crippen molar-refractivity contribution in [2.45, 2.75) is 4.90 Å². The predicted molar refractivity (Wildman–Crippen MR) is 84.5 cm³/mol. The Labute approximate surface area is 140 Å². The molecule has 2 aromatic carbocycles. The molecule has 0 fully saturated rings. The van der Waals surface area contributed by atoms with Crippen LogP contribution in [0.3, 0.4) is 0 Å². The first kappa shape index (κ1) is 15.8. The second-order valence-corrected chi connectivity index (χ2v) is 7.18. The maximum Gasteiger partial charge on any atom is 0.266 e. The van der Waals surface area contributed by atoms with Gasteiger partial charge >= 0.3 is 0 Å². The van der Waals surface area contributed by atoms with Crippen LogP contribution in [0.4, 0.5) is 0 Å². The largest absolute Gasteiger partial charge is 0.454 e. The Morgan fingerprint density at radius 3 is 2.48 bits per heavy atom. The van der Waals surface area contributed by atoms with E-state index in [0.29, 0.717) is 11.5 Å². The molecular formula is C14H11BrN2O5S. The van der Waals surface area contributed by atoms with Gasteiger partial charge in [0.25, 0.3) is 15.9 Å². The van der Waals surface area contributed by atoms with Gasteiger partial charge in [0.15, 0.2) is 11.5 Å². The van der Waals surface area contributed by atoms with E-state index in [2.05, 4.69) is 21.4 Å². The quantitative estimate of drug-likeness (QED) is 0.765. The Hall–Kier alpha value is -2.10. The summed E-state index contributed by atoms with van der Waals surface area (Å²) in [5, 5.41) is 0. The minimum Gasteiger partial charge on any atom is -0.454 e. The van der Waals surface area contributed by atoms with E-state index < -0.39 is 15.9 Å². The van der Waals surface area contributed by atoms with Gasteiger partial charge in [-0.1, -0.05) is 15.9 Å². The fraction of sp³-hybridized carbons (Fsp3) is 0.0714. The van der Waals surface area contributed by atoms with Crippen molar-refractivity contribution < 1.29 is 22.7 Å². The standard InChI is InChI=1S/C14H11BrN2O5S/c15-10-2-4-11(5-3-10)23(19,20)17-16-14(18)9-1-6-12-13(7-9)22-8-21-12/h1-7,17H,8H2,(H,16,18). The molecule has 1 aliphatic heterocycles. The van der Waals surface area contributed by atoms with Crippen molar-refractivity contribution in [2.75, 3.05) is 6.79 Å². The second-order valence-electron chi connectivity index (χ2n) is 4.58. The van der Waals surface area contributed by atoms with E-state index in [4.69, 9.17) is 9.47 Å². The van der Waals surface area contributed by atoms with Gasteiger partial charge in [-0.3, -0.25) is 10.2 Å². The molecule has 1 heterocycles. The van der Waals surface area contributed by atoms with Crippen molar-refractivity contribution in [3.63, 3.8) is 0 Å². The summed E-state index contributed by atoms with van der Waals surface area (Å²) in [6.07, 6.45) is 0. The van der Waals surface area contributed by atoms with Gasteiger partial charge < -0.3 is 9.47 Å². The third kappa shape index (κ3) is 3.46.